The number of hydrogen-bond donors (Lipinski definition) is 1. The molecular formula is C29H26FNO2S. The topological polar surface area (TPSA) is 38.3 Å². The van der Waals surface area contributed by atoms with Crippen molar-refractivity contribution in [2.75, 3.05) is 12.4 Å². The van der Waals surface area contributed by atoms with E-state index in [0.29, 0.717) is 5.56 Å². The third-order valence-corrected chi connectivity index (χ3v) is 7.15. The first kappa shape index (κ1) is 23.6. The summed E-state index contributed by atoms with van der Waals surface area (Å²) in [5.74, 6) is -0.794. The third-order valence-electron chi connectivity index (χ3n) is 5.69. The molecule has 34 heavy (non-hydrogen) atoms. The van der Waals surface area contributed by atoms with Crippen LogP contribution in [0.4, 0.5) is 10.1 Å². The fourth-order valence-corrected chi connectivity index (χ4v) is 5.35. The van der Waals surface area contributed by atoms with Crippen LogP contribution in [0.15, 0.2) is 114 Å². The zero-order chi connectivity index (χ0) is 24.0. The quantitative estimate of drug-likeness (QED) is 0.219. The van der Waals surface area contributed by atoms with E-state index in [4.69, 9.17) is 4.74 Å². The molecule has 0 heterocycles. The fraction of sp³-hybridized carbons (Fsp3) is 0.138. The Morgan fingerprint density at radius 3 is 2.03 bits per heavy atom. The summed E-state index contributed by atoms with van der Waals surface area (Å²) in [6.45, 7) is 2.02. The summed E-state index contributed by atoms with van der Waals surface area (Å²) in [5, 5.41) is 3.58. The van der Waals surface area contributed by atoms with Crippen LogP contribution < -0.4 is 5.32 Å². The second-order valence-corrected chi connectivity index (χ2v) is 9.32. The Balaban J connectivity index is 1.97. The summed E-state index contributed by atoms with van der Waals surface area (Å²) < 4.78 is 18.1. The molecule has 2 atom stereocenters. The van der Waals surface area contributed by atoms with Crippen LogP contribution in [-0.4, -0.2) is 13.1 Å². The number of nitrogens with one attached hydrogen (secondary N) is 1. The number of hydrogen-bond acceptors (Lipinski definition) is 4. The highest BCUT2D eigenvalue weighted by Gasteiger charge is 2.50. The summed E-state index contributed by atoms with van der Waals surface area (Å²) in [4.78, 5) is 14.7. The highest BCUT2D eigenvalue weighted by Crippen LogP contribution is 2.52. The molecule has 0 aliphatic rings. The molecule has 0 saturated carbocycles. The van der Waals surface area contributed by atoms with Crippen molar-refractivity contribution >= 4 is 23.4 Å². The van der Waals surface area contributed by atoms with Crippen LogP contribution in [-0.2, 0) is 14.3 Å². The lowest BCUT2D eigenvalue weighted by molar-refractivity contribution is -0.144. The molecular weight excluding hydrogens is 445 g/mol. The van der Waals surface area contributed by atoms with Gasteiger partial charge in [0.05, 0.1) is 13.2 Å². The van der Waals surface area contributed by atoms with E-state index in [1.54, 1.807) is 12.1 Å². The van der Waals surface area contributed by atoms with Gasteiger partial charge in [0, 0.05) is 10.6 Å². The standard InChI is InChI=1S/C29H26FNO2S/c1-21-13-19-26(20-14-21)34-29(28(32)33-2,23-15-17-24(30)18-16-23)27(22-9-5-3-6-10-22)31-25-11-7-4-8-12-25/h3-20,27,31H,1-2H3/t27-,29+/m0/s1. The molecule has 0 spiro atoms. The Labute approximate surface area is 204 Å². The third kappa shape index (κ3) is 5.00. The number of benzene rings is 4. The number of aryl methyl sites for hydroxylation is 1. The molecule has 0 saturated heterocycles. The Hall–Kier alpha value is -3.57. The van der Waals surface area contributed by atoms with Gasteiger partial charge in [-0.3, -0.25) is 4.79 Å². The number of para-hydroxylation sites is 1. The molecule has 4 aromatic carbocycles. The maximum Gasteiger partial charge on any atom is 0.329 e. The van der Waals surface area contributed by atoms with Crippen molar-refractivity contribution in [2.45, 2.75) is 22.6 Å². The van der Waals surface area contributed by atoms with Crippen LogP contribution in [0.25, 0.3) is 0 Å². The molecule has 4 aromatic rings. The molecule has 172 valence electrons. The lowest BCUT2D eigenvalue weighted by Crippen LogP contribution is -2.43. The van der Waals surface area contributed by atoms with E-state index < -0.39 is 16.8 Å². The Bertz CT molecular complexity index is 1210. The molecule has 0 radical (unpaired) electrons. The van der Waals surface area contributed by atoms with Gasteiger partial charge in [-0.25, -0.2) is 4.39 Å². The Kier molecular flexibility index (Phi) is 7.33. The Morgan fingerprint density at radius 2 is 1.44 bits per heavy atom. The number of anilines is 1. The monoisotopic (exact) mass is 471 g/mol. The minimum absolute atomic E-state index is 0.366. The molecule has 0 aromatic heterocycles. The van der Waals surface area contributed by atoms with Crippen molar-refractivity contribution in [1.29, 1.82) is 0 Å². The molecule has 5 heteroatoms. The number of rotatable bonds is 8. The number of ether oxygens (including phenoxy) is 1. The van der Waals surface area contributed by atoms with E-state index in [-0.39, 0.29) is 5.82 Å². The number of carbonyl (C=O) groups excluding carboxylic acids is 1. The number of halogens is 1. The fourth-order valence-electron chi connectivity index (χ4n) is 3.97. The predicted octanol–water partition coefficient (Wildman–Crippen LogP) is 7.15. The van der Waals surface area contributed by atoms with E-state index in [0.717, 1.165) is 21.7 Å². The smallest absolute Gasteiger partial charge is 0.329 e. The summed E-state index contributed by atoms with van der Waals surface area (Å²) in [6.07, 6.45) is 0. The first-order valence-corrected chi connectivity index (χ1v) is 11.8. The van der Waals surface area contributed by atoms with Gasteiger partial charge in [0.25, 0.3) is 0 Å². The van der Waals surface area contributed by atoms with Crippen molar-refractivity contribution in [3.05, 3.63) is 132 Å². The van der Waals surface area contributed by atoms with Gasteiger partial charge in [0.2, 0.25) is 0 Å². The van der Waals surface area contributed by atoms with Gasteiger partial charge in [-0.15, -0.1) is 11.8 Å². The summed E-state index contributed by atoms with van der Waals surface area (Å²) >= 11 is 1.40. The second kappa shape index (κ2) is 10.6. The number of thioether (sulfide) groups is 1. The number of carbonyl (C=O) groups is 1. The lowest BCUT2D eigenvalue weighted by atomic mass is 9.85. The van der Waals surface area contributed by atoms with Gasteiger partial charge >= 0.3 is 5.97 Å². The maximum absolute atomic E-state index is 14.0. The largest absolute Gasteiger partial charge is 0.468 e. The van der Waals surface area contributed by atoms with Gasteiger partial charge in [-0.2, -0.15) is 0 Å². The highest BCUT2D eigenvalue weighted by atomic mass is 32.2. The van der Waals surface area contributed by atoms with Gasteiger partial charge in [-0.1, -0.05) is 78.4 Å². The van der Waals surface area contributed by atoms with Crippen LogP contribution in [0, 0.1) is 12.7 Å². The second-order valence-electron chi connectivity index (χ2n) is 8.00. The minimum atomic E-state index is -1.26. The zero-order valence-electron chi connectivity index (χ0n) is 19.1. The zero-order valence-corrected chi connectivity index (χ0v) is 19.9. The summed E-state index contributed by atoms with van der Waals surface area (Å²) in [6, 6.07) is 33.1. The van der Waals surface area contributed by atoms with E-state index in [2.05, 4.69) is 5.32 Å². The normalized spacial score (nSPS) is 13.5. The van der Waals surface area contributed by atoms with Crippen molar-refractivity contribution < 1.29 is 13.9 Å². The van der Waals surface area contributed by atoms with E-state index in [1.165, 1.54) is 31.0 Å². The number of esters is 1. The summed E-state index contributed by atoms with van der Waals surface area (Å²) in [7, 11) is 1.39. The maximum atomic E-state index is 14.0. The average Bonchev–Trinajstić information content (AvgIpc) is 2.88. The first-order chi connectivity index (χ1) is 16.5. The highest BCUT2D eigenvalue weighted by molar-refractivity contribution is 8.01. The SMILES string of the molecule is COC(=O)[C@@](Sc1ccc(C)cc1)(c1ccc(F)cc1)[C@@H](Nc1ccccc1)c1ccccc1. The molecule has 0 bridgehead atoms. The minimum Gasteiger partial charge on any atom is -0.468 e. The summed E-state index contributed by atoms with van der Waals surface area (Å²) in [5.41, 5.74) is 3.53. The average molecular weight is 472 g/mol. The van der Waals surface area contributed by atoms with Crippen LogP contribution in [0.2, 0.25) is 0 Å². The molecule has 4 rings (SSSR count). The van der Waals surface area contributed by atoms with Crippen molar-refractivity contribution in [3.63, 3.8) is 0 Å². The molecule has 0 amide bonds. The molecule has 3 nitrogen and oxygen atoms in total. The van der Waals surface area contributed by atoms with Crippen molar-refractivity contribution in [3.8, 4) is 0 Å². The van der Waals surface area contributed by atoms with E-state index in [1.807, 2.05) is 91.9 Å². The Morgan fingerprint density at radius 1 is 0.853 bits per heavy atom. The molecule has 0 aliphatic carbocycles. The van der Waals surface area contributed by atoms with Crippen molar-refractivity contribution in [1.82, 2.24) is 0 Å². The van der Waals surface area contributed by atoms with Gasteiger partial charge in [-0.05, 0) is 54.4 Å². The van der Waals surface area contributed by atoms with Crippen molar-refractivity contribution in [2.24, 2.45) is 0 Å². The molecule has 0 unspecified atom stereocenters. The predicted molar refractivity (Wildman–Crippen MR) is 136 cm³/mol. The number of methoxy groups -OCH3 is 1. The molecule has 1 N–H and O–H groups in total. The van der Waals surface area contributed by atoms with Crippen LogP contribution in [0.5, 0.6) is 0 Å². The lowest BCUT2D eigenvalue weighted by Gasteiger charge is -2.39. The van der Waals surface area contributed by atoms with E-state index in [9.17, 15) is 9.18 Å². The van der Waals surface area contributed by atoms with Crippen LogP contribution >= 0.6 is 11.8 Å². The first-order valence-electron chi connectivity index (χ1n) is 11.0. The van der Waals surface area contributed by atoms with Crippen LogP contribution in [0.1, 0.15) is 22.7 Å². The van der Waals surface area contributed by atoms with Gasteiger partial charge in [0.15, 0.2) is 4.75 Å². The van der Waals surface area contributed by atoms with Crippen LogP contribution in [0.3, 0.4) is 0 Å². The van der Waals surface area contributed by atoms with Gasteiger partial charge in [0.1, 0.15) is 5.82 Å². The van der Waals surface area contributed by atoms with E-state index >= 15 is 0 Å². The molecule has 0 aliphatic heterocycles. The van der Waals surface area contributed by atoms with Gasteiger partial charge < -0.3 is 10.1 Å². The molecule has 0 fully saturated rings.